The highest BCUT2D eigenvalue weighted by Crippen LogP contribution is 2.28. The minimum atomic E-state index is 0.0573. The number of nitrogens with zero attached hydrogens (tertiary/aromatic N) is 5. The number of piperidine rings is 1. The summed E-state index contributed by atoms with van der Waals surface area (Å²) in [6.45, 7) is 7.85. The Bertz CT molecular complexity index is 862. The Morgan fingerprint density at radius 3 is 2.97 bits per heavy atom. The summed E-state index contributed by atoms with van der Waals surface area (Å²) >= 11 is 0. The third-order valence-corrected chi connectivity index (χ3v) is 6.01. The molecule has 0 saturated carbocycles. The molecule has 3 heterocycles. The Hall–Kier alpha value is -2.83. The van der Waals surface area contributed by atoms with E-state index in [0.29, 0.717) is 12.0 Å². The van der Waals surface area contributed by atoms with Crippen molar-refractivity contribution in [1.29, 1.82) is 0 Å². The molecule has 1 fully saturated rings. The van der Waals surface area contributed by atoms with E-state index in [1.165, 1.54) is 5.56 Å². The lowest BCUT2D eigenvalue weighted by atomic mass is 9.93. The largest absolute Gasteiger partial charge is 0.357 e. The van der Waals surface area contributed by atoms with Crippen LogP contribution in [-0.2, 0) is 11.2 Å². The first-order chi connectivity index (χ1) is 14.2. The molecule has 0 aliphatic carbocycles. The summed E-state index contributed by atoms with van der Waals surface area (Å²) < 4.78 is 2.19. The van der Waals surface area contributed by atoms with E-state index in [-0.39, 0.29) is 12.5 Å². The zero-order chi connectivity index (χ0) is 20.2. The number of imidazole rings is 1. The number of guanidine groups is 1. The number of carbonyl (C=O) groups is 1. The van der Waals surface area contributed by atoms with Gasteiger partial charge in [-0.15, -0.1) is 0 Å². The fraction of sp³-hybridized carbons (Fsp3) is 0.500. The van der Waals surface area contributed by atoms with Crippen LogP contribution in [0, 0.1) is 5.92 Å². The number of fused-ring (bicyclic) bond motifs is 1. The number of anilines is 1. The molecule has 2 unspecified atom stereocenters. The molecular weight excluding hydrogens is 364 g/mol. The van der Waals surface area contributed by atoms with Crippen molar-refractivity contribution < 1.29 is 4.79 Å². The molecule has 7 nitrogen and oxygen atoms in total. The average Bonchev–Trinajstić information content (AvgIpc) is 3.41. The van der Waals surface area contributed by atoms with Gasteiger partial charge in [-0.3, -0.25) is 4.79 Å². The lowest BCUT2D eigenvalue weighted by molar-refractivity contribution is -0.117. The van der Waals surface area contributed by atoms with Crippen molar-refractivity contribution in [2.45, 2.75) is 32.7 Å². The van der Waals surface area contributed by atoms with Crippen LogP contribution in [-0.4, -0.2) is 59.0 Å². The van der Waals surface area contributed by atoms with Crippen LogP contribution in [0.25, 0.3) is 0 Å². The molecule has 29 heavy (non-hydrogen) atoms. The molecule has 0 bridgehead atoms. The van der Waals surface area contributed by atoms with Gasteiger partial charge in [-0.05, 0) is 37.3 Å². The summed E-state index contributed by atoms with van der Waals surface area (Å²) in [6, 6.07) is 8.50. The topological polar surface area (TPSA) is 65.8 Å². The number of amides is 1. The molecule has 1 aromatic carbocycles. The molecule has 0 spiro atoms. The van der Waals surface area contributed by atoms with Crippen molar-refractivity contribution in [2.75, 3.05) is 37.6 Å². The van der Waals surface area contributed by atoms with Gasteiger partial charge in [-0.1, -0.05) is 25.1 Å². The van der Waals surface area contributed by atoms with Crippen molar-refractivity contribution in [3.8, 4) is 0 Å². The molecular formula is C22H30N6O. The first-order valence-electron chi connectivity index (χ1n) is 10.6. The van der Waals surface area contributed by atoms with E-state index in [1.807, 2.05) is 41.8 Å². The van der Waals surface area contributed by atoms with E-state index in [9.17, 15) is 4.79 Å². The summed E-state index contributed by atoms with van der Waals surface area (Å²) in [6.07, 6.45) is 7.76. The van der Waals surface area contributed by atoms with Gasteiger partial charge >= 0.3 is 0 Å². The summed E-state index contributed by atoms with van der Waals surface area (Å²) in [7, 11) is 0. The normalized spacial score (nSPS) is 21.9. The molecule has 1 aromatic heterocycles. The lowest BCUT2D eigenvalue weighted by Gasteiger charge is -2.39. The Morgan fingerprint density at radius 2 is 2.17 bits per heavy atom. The van der Waals surface area contributed by atoms with Crippen LogP contribution in [0.15, 0.2) is 48.0 Å². The molecule has 4 rings (SSSR count). The van der Waals surface area contributed by atoms with Crippen LogP contribution in [0.5, 0.6) is 0 Å². The minimum absolute atomic E-state index is 0.0573. The molecule has 7 heteroatoms. The number of aromatic nitrogens is 2. The summed E-state index contributed by atoms with van der Waals surface area (Å²) in [4.78, 5) is 25.9. The van der Waals surface area contributed by atoms with Crippen molar-refractivity contribution in [3.05, 3.63) is 48.5 Å². The number of likely N-dealkylation sites (tertiary alicyclic amines) is 1. The Balaban J connectivity index is 1.46. The molecule has 154 valence electrons. The van der Waals surface area contributed by atoms with Crippen molar-refractivity contribution >= 4 is 17.6 Å². The summed E-state index contributed by atoms with van der Waals surface area (Å²) in [5.74, 6) is 1.46. The van der Waals surface area contributed by atoms with E-state index in [2.05, 4.69) is 39.7 Å². The summed E-state index contributed by atoms with van der Waals surface area (Å²) in [5, 5.41) is 3.38. The van der Waals surface area contributed by atoms with E-state index in [4.69, 9.17) is 4.99 Å². The molecule has 1 saturated heterocycles. The number of nitrogens with one attached hydrogen (secondary N) is 1. The zero-order valence-electron chi connectivity index (χ0n) is 17.3. The second kappa shape index (κ2) is 8.68. The van der Waals surface area contributed by atoms with E-state index >= 15 is 0 Å². The maximum absolute atomic E-state index is 12.9. The highest BCUT2D eigenvalue weighted by molar-refractivity contribution is 5.98. The van der Waals surface area contributed by atoms with Crippen LogP contribution in [0.2, 0.25) is 0 Å². The molecule has 0 radical (unpaired) electrons. The molecule has 2 aromatic rings. The van der Waals surface area contributed by atoms with Crippen LogP contribution in [0.1, 0.15) is 31.9 Å². The molecule has 2 aliphatic heterocycles. The number of hydrogen-bond acceptors (Lipinski definition) is 3. The third kappa shape index (κ3) is 4.13. The minimum Gasteiger partial charge on any atom is -0.357 e. The van der Waals surface area contributed by atoms with Gasteiger partial charge in [-0.2, -0.15) is 0 Å². The number of benzene rings is 1. The van der Waals surface area contributed by atoms with Crippen LogP contribution >= 0.6 is 0 Å². The van der Waals surface area contributed by atoms with Gasteiger partial charge < -0.3 is 19.7 Å². The van der Waals surface area contributed by atoms with E-state index < -0.39 is 0 Å². The van der Waals surface area contributed by atoms with Crippen molar-refractivity contribution in [2.24, 2.45) is 10.9 Å². The van der Waals surface area contributed by atoms with Crippen LogP contribution < -0.4 is 10.2 Å². The average molecular weight is 395 g/mol. The fourth-order valence-electron chi connectivity index (χ4n) is 4.35. The summed E-state index contributed by atoms with van der Waals surface area (Å²) in [5.41, 5.74) is 2.27. The van der Waals surface area contributed by atoms with Gasteiger partial charge in [0.2, 0.25) is 5.91 Å². The maximum atomic E-state index is 12.9. The number of carbonyl (C=O) groups excluding carboxylic acids is 1. The van der Waals surface area contributed by atoms with E-state index in [1.54, 1.807) is 0 Å². The second-order valence-electron chi connectivity index (χ2n) is 7.88. The van der Waals surface area contributed by atoms with Gasteiger partial charge in [-0.25, -0.2) is 9.98 Å². The Kier molecular flexibility index (Phi) is 5.83. The maximum Gasteiger partial charge on any atom is 0.248 e. The molecule has 1 N–H and O–H groups in total. The Labute approximate surface area is 172 Å². The predicted octanol–water partition coefficient (Wildman–Crippen LogP) is 2.32. The van der Waals surface area contributed by atoms with Crippen molar-refractivity contribution in [3.63, 3.8) is 0 Å². The highest BCUT2D eigenvalue weighted by Gasteiger charge is 2.29. The fourth-order valence-corrected chi connectivity index (χ4v) is 4.35. The monoisotopic (exact) mass is 394 g/mol. The zero-order valence-corrected chi connectivity index (χ0v) is 17.3. The van der Waals surface area contributed by atoms with Crippen LogP contribution in [0.3, 0.4) is 0 Å². The highest BCUT2D eigenvalue weighted by atomic mass is 16.2. The first-order valence-corrected chi connectivity index (χ1v) is 10.6. The number of rotatable bonds is 4. The number of para-hydroxylation sites is 1. The second-order valence-corrected chi connectivity index (χ2v) is 7.88. The third-order valence-electron chi connectivity index (χ3n) is 6.01. The van der Waals surface area contributed by atoms with Gasteiger partial charge in [0.1, 0.15) is 6.54 Å². The molecule has 2 atom stereocenters. The van der Waals surface area contributed by atoms with Gasteiger partial charge in [0.25, 0.3) is 0 Å². The SMILES string of the molecule is CCNC(=NCC(=O)N1CCc2ccccc21)N1CCC(C)C(n2ccnc2)C1. The first kappa shape index (κ1) is 19.5. The lowest BCUT2D eigenvalue weighted by Crippen LogP contribution is -2.49. The number of aliphatic imine (C=N–C) groups is 1. The van der Waals surface area contributed by atoms with E-state index in [0.717, 1.165) is 50.7 Å². The van der Waals surface area contributed by atoms with Crippen molar-refractivity contribution in [1.82, 2.24) is 19.8 Å². The predicted molar refractivity (Wildman–Crippen MR) is 115 cm³/mol. The quantitative estimate of drug-likeness (QED) is 0.638. The smallest absolute Gasteiger partial charge is 0.248 e. The molecule has 2 aliphatic rings. The van der Waals surface area contributed by atoms with Gasteiger partial charge in [0, 0.05) is 44.3 Å². The molecule has 1 amide bonds. The number of hydrogen-bond donors (Lipinski definition) is 1. The van der Waals surface area contributed by atoms with Gasteiger partial charge in [0.05, 0.1) is 12.4 Å². The standard InChI is InChI=1S/C22H30N6O/c1-3-24-22(26-11-8-17(2)20(15-26)27-13-10-23-16-27)25-14-21(29)28-12-9-18-6-4-5-7-19(18)28/h4-7,10,13,16-17,20H,3,8-9,11-12,14-15H2,1-2H3,(H,24,25). The van der Waals surface area contributed by atoms with Gasteiger partial charge in [0.15, 0.2) is 5.96 Å². The van der Waals surface area contributed by atoms with Crippen LogP contribution in [0.4, 0.5) is 5.69 Å². The Morgan fingerprint density at radius 1 is 1.31 bits per heavy atom.